The van der Waals surface area contributed by atoms with Crippen LogP contribution in [0.5, 0.6) is 0 Å². The van der Waals surface area contributed by atoms with E-state index >= 15 is 0 Å². The Labute approximate surface area is 134 Å². The van der Waals surface area contributed by atoms with Crippen LogP contribution < -0.4 is 0 Å². The molecule has 3 aromatic rings. The highest BCUT2D eigenvalue weighted by Gasteiger charge is 2.11. The van der Waals surface area contributed by atoms with E-state index in [0.29, 0.717) is 8.34 Å². The fourth-order valence-corrected chi connectivity index (χ4v) is 3.08. The minimum absolute atomic E-state index is 0.230. The quantitative estimate of drug-likeness (QED) is 0.450. The topological polar surface area (TPSA) is 20.7 Å². The van der Waals surface area contributed by atoms with Gasteiger partial charge in [0, 0.05) is 6.07 Å². The Morgan fingerprint density at radius 1 is 1.20 bits per heavy atom. The molecule has 0 saturated heterocycles. The summed E-state index contributed by atoms with van der Waals surface area (Å²) in [4.78, 5) is 3.15. The summed E-state index contributed by atoms with van der Waals surface area (Å²) in [5, 5.41) is 0. The number of imidazole rings is 1. The van der Waals surface area contributed by atoms with Crippen LogP contribution in [0, 0.1) is 28.0 Å². The second-order valence-electron chi connectivity index (χ2n) is 4.84. The first-order chi connectivity index (χ1) is 9.47. The second-order valence-corrected chi connectivity index (χ2v) is 6.39. The van der Waals surface area contributed by atoms with Gasteiger partial charge in [-0.1, -0.05) is 12.1 Å². The summed E-state index contributed by atoms with van der Waals surface area (Å²) in [6, 6.07) is 9.48. The molecule has 0 saturated carbocycles. The van der Waals surface area contributed by atoms with Crippen molar-refractivity contribution in [1.29, 1.82) is 0 Å². The first-order valence-corrected chi connectivity index (χ1v) is 7.63. The lowest BCUT2D eigenvalue weighted by Gasteiger charge is -2.09. The normalized spacial score (nSPS) is 11.2. The van der Waals surface area contributed by atoms with Crippen molar-refractivity contribution in [2.24, 2.45) is 0 Å². The van der Waals surface area contributed by atoms with Gasteiger partial charge >= 0.3 is 0 Å². The molecule has 20 heavy (non-hydrogen) atoms. The maximum Gasteiger partial charge on any atom is 0.182 e. The maximum absolute atomic E-state index is 13.9. The van der Waals surface area contributed by atoms with Crippen molar-refractivity contribution >= 4 is 45.8 Å². The molecule has 0 spiro atoms. The predicted octanol–water partition coefficient (Wildman–Crippen LogP) is 5.05. The summed E-state index contributed by atoms with van der Waals surface area (Å²) in [5.41, 5.74) is 4.85. The number of hydrogen-bond donors (Lipinski definition) is 1. The SMILES string of the molecule is Cc1ccc(C)c(-n2c(=S)[nH]c3cc(I)c(F)cc32)c1. The lowest BCUT2D eigenvalue weighted by atomic mass is 10.1. The smallest absolute Gasteiger partial charge is 0.182 e. The third-order valence-electron chi connectivity index (χ3n) is 3.33. The molecule has 5 heteroatoms. The summed E-state index contributed by atoms with van der Waals surface area (Å²) >= 11 is 7.39. The number of aromatic nitrogens is 2. The second kappa shape index (κ2) is 4.96. The number of fused-ring (bicyclic) bond motifs is 1. The van der Waals surface area contributed by atoms with Crippen molar-refractivity contribution in [3.8, 4) is 5.69 Å². The van der Waals surface area contributed by atoms with Crippen molar-refractivity contribution in [2.75, 3.05) is 0 Å². The minimum atomic E-state index is -0.230. The summed E-state index contributed by atoms with van der Waals surface area (Å²) < 4.78 is 16.9. The molecule has 0 unspecified atom stereocenters. The summed E-state index contributed by atoms with van der Waals surface area (Å²) in [7, 11) is 0. The highest BCUT2D eigenvalue weighted by molar-refractivity contribution is 14.1. The zero-order valence-electron chi connectivity index (χ0n) is 11.0. The number of aryl methyl sites for hydroxylation is 2. The van der Waals surface area contributed by atoms with E-state index in [2.05, 4.69) is 17.1 Å². The van der Waals surface area contributed by atoms with Crippen LogP contribution >= 0.6 is 34.8 Å². The van der Waals surface area contributed by atoms with Gasteiger partial charge in [-0.15, -0.1) is 0 Å². The maximum atomic E-state index is 13.9. The molecule has 0 aliphatic carbocycles. The van der Waals surface area contributed by atoms with Crippen LogP contribution in [-0.2, 0) is 0 Å². The minimum Gasteiger partial charge on any atom is -0.330 e. The molecular formula is C15H12FIN2S. The summed E-state index contributed by atoms with van der Waals surface area (Å²) in [5.74, 6) is -0.230. The van der Waals surface area contributed by atoms with E-state index in [4.69, 9.17) is 12.2 Å². The van der Waals surface area contributed by atoms with Gasteiger partial charge in [0.2, 0.25) is 0 Å². The third kappa shape index (κ3) is 2.18. The van der Waals surface area contributed by atoms with Crippen molar-refractivity contribution in [3.05, 3.63) is 55.6 Å². The first-order valence-electron chi connectivity index (χ1n) is 6.15. The Hall–Kier alpha value is -1.21. The van der Waals surface area contributed by atoms with E-state index in [9.17, 15) is 4.39 Å². The number of nitrogens with zero attached hydrogens (tertiary/aromatic N) is 1. The van der Waals surface area contributed by atoms with Crippen molar-refractivity contribution in [2.45, 2.75) is 13.8 Å². The van der Waals surface area contributed by atoms with Crippen LogP contribution in [0.3, 0.4) is 0 Å². The number of aromatic amines is 1. The van der Waals surface area contributed by atoms with Gasteiger partial charge in [0.1, 0.15) is 5.82 Å². The van der Waals surface area contributed by atoms with E-state index in [1.807, 2.05) is 47.1 Å². The fraction of sp³-hybridized carbons (Fsp3) is 0.133. The molecule has 1 aromatic heterocycles. The van der Waals surface area contributed by atoms with Crippen molar-refractivity contribution < 1.29 is 4.39 Å². The third-order valence-corrected chi connectivity index (χ3v) is 4.44. The molecule has 0 bridgehead atoms. The monoisotopic (exact) mass is 398 g/mol. The lowest BCUT2D eigenvalue weighted by Crippen LogP contribution is -1.98. The molecule has 0 amide bonds. The van der Waals surface area contributed by atoms with Crippen molar-refractivity contribution in [3.63, 3.8) is 0 Å². The van der Waals surface area contributed by atoms with Gasteiger partial charge in [0.15, 0.2) is 4.77 Å². The summed E-state index contributed by atoms with van der Waals surface area (Å²) in [6.07, 6.45) is 0. The number of hydrogen-bond acceptors (Lipinski definition) is 1. The average Bonchev–Trinajstić information content (AvgIpc) is 2.69. The number of nitrogens with one attached hydrogen (secondary N) is 1. The molecule has 0 fully saturated rings. The van der Waals surface area contributed by atoms with Gasteiger partial charge in [-0.3, -0.25) is 4.57 Å². The highest BCUT2D eigenvalue weighted by Crippen LogP contribution is 2.25. The van der Waals surface area contributed by atoms with E-state index in [-0.39, 0.29) is 5.82 Å². The molecule has 0 atom stereocenters. The van der Waals surface area contributed by atoms with Gasteiger partial charge < -0.3 is 4.98 Å². The van der Waals surface area contributed by atoms with Crippen LogP contribution in [0.4, 0.5) is 4.39 Å². The Kier molecular flexibility index (Phi) is 3.41. The van der Waals surface area contributed by atoms with Crippen LogP contribution in [0.15, 0.2) is 30.3 Å². The standard InChI is InChI=1S/C15H12FIN2S/c1-8-3-4-9(2)13(5-8)19-14-6-10(16)11(17)7-12(14)18-15(19)20/h3-7H,1-2H3,(H,18,20). The van der Waals surface area contributed by atoms with E-state index in [1.54, 1.807) is 6.07 Å². The molecule has 3 rings (SSSR count). The van der Waals surface area contributed by atoms with Crippen LogP contribution in [0.1, 0.15) is 11.1 Å². The highest BCUT2D eigenvalue weighted by atomic mass is 127. The predicted molar refractivity (Wildman–Crippen MR) is 90.6 cm³/mol. The Morgan fingerprint density at radius 2 is 1.95 bits per heavy atom. The van der Waals surface area contributed by atoms with Gasteiger partial charge in [-0.25, -0.2) is 4.39 Å². The van der Waals surface area contributed by atoms with Crippen LogP contribution in [0.25, 0.3) is 16.7 Å². The number of benzene rings is 2. The molecular weight excluding hydrogens is 386 g/mol. The molecule has 0 aliphatic heterocycles. The average molecular weight is 398 g/mol. The van der Waals surface area contributed by atoms with Gasteiger partial charge in [0.05, 0.1) is 20.3 Å². The van der Waals surface area contributed by atoms with E-state index in [0.717, 1.165) is 27.8 Å². The van der Waals surface area contributed by atoms with Crippen LogP contribution in [-0.4, -0.2) is 9.55 Å². The fourth-order valence-electron chi connectivity index (χ4n) is 2.30. The largest absolute Gasteiger partial charge is 0.330 e. The van der Waals surface area contributed by atoms with Crippen molar-refractivity contribution in [1.82, 2.24) is 9.55 Å². The zero-order valence-corrected chi connectivity index (χ0v) is 14.0. The Bertz CT molecular complexity index is 879. The Balaban J connectivity index is 2.42. The zero-order chi connectivity index (χ0) is 14.4. The summed E-state index contributed by atoms with van der Waals surface area (Å²) in [6.45, 7) is 4.06. The molecule has 1 heterocycles. The molecule has 0 aliphatic rings. The van der Waals surface area contributed by atoms with Gasteiger partial charge in [-0.05, 0) is 71.9 Å². The van der Waals surface area contributed by atoms with Gasteiger partial charge in [-0.2, -0.15) is 0 Å². The van der Waals surface area contributed by atoms with E-state index in [1.165, 1.54) is 6.07 Å². The number of halogens is 2. The van der Waals surface area contributed by atoms with Gasteiger partial charge in [0.25, 0.3) is 0 Å². The number of rotatable bonds is 1. The lowest BCUT2D eigenvalue weighted by molar-refractivity contribution is 0.622. The van der Waals surface area contributed by atoms with E-state index < -0.39 is 0 Å². The first kappa shape index (κ1) is 13.8. The molecule has 102 valence electrons. The molecule has 0 radical (unpaired) electrons. The molecule has 2 nitrogen and oxygen atoms in total. The van der Waals surface area contributed by atoms with Crippen LogP contribution in [0.2, 0.25) is 0 Å². The molecule has 1 N–H and O–H groups in total. The Morgan fingerprint density at radius 3 is 2.70 bits per heavy atom. The molecule has 2 aromatic carbocycles. The number of H-pyrrole nitrogens is 1.